The number of carbonyl (C=O) groups is 3. The van der Waals surface area contributed by atoms with Crippen molar-refractivity contribution in [1.29, 1.82) is 0 Å². The predicted molar refractivity (Wildman–Crippen MR) is 90.8 cm³/mol. The molecule has 0 aromatic carbocycles. The van der Waals surface area contributed by atoms with Crippen LogP contribution in [-0.4, -0.2) is 59.2 Å². The second kappa shape index (κ2) is 6.90. The van der Waals surface area contributed by atoms with Gasteiger partial charge < -0.3 is 19.5 Å². The molecular weight excluding hydrogens is 322 g/mol. The molecule has 136 valence electrons. The van der Waals surface area contributed by atoms with Crippen LogP contribution in [0.25, 0.3) is 0 Å². The first-order chi connectivity index (χ1) is 11.9. The van der Waals surface area contributed by atoms with Gasteiger partial charge in [-0.15, -0.1) is 0 Å². The van der Waals surface area contributed by atoms with Gasteiger partial charge in [-0.3, -0.25) is 14.4 Å². The van der Waals surface area contributed by atoms with Crippen molar-refractivity contribution in [1.82, 2.24) is 15.1 Å². The first-order valence-electron chi connectivity index (χ1n) is 8.83. The summed E-state index contributed by atoms with van der Waals surface area (Å²) in [5, 5.41) is 3.07. The molecule has 0 saturated carbocycles. The molecule has 25 heavy (non-hydrogen) atoms. The van der Waals surface area contributed by atoms with Crippen molar-refractivity contribution in [2.75, 3.05) is 26.2 Å². The largest absolute Gasteiger partial charge is 0.459 e. The van der Waals surface area contributed by atoms with E-state index in [1.807, 2.05) is 13.8 Å². The fraction of sp³-hybridized carbons (Fsp3) is 0.611. The molecule has 3 rings (SSSR count). The predicted octanol–water partition coefficient (Wildman–Crippen LogP) is 1.26. The van der Waals surface area contributed by atoms with Crippen molar-refractivity contribution in [3.05, 3.63) is 24.2 Å². The van der Waals surface area contributed by atoms with Gasteiger partial charge in [-0.05, 0) is 25.0 Å². The molecule has 7 heteroatoms. The van der Waals surface area contributed by atoms with E-state index in [0.29, 0.717) is 32.6 Å². The van der Waals surface area contributed by atoms with E-state index in [1.165, 1.54) is 6.26 Å². The molecule has 0 radical (unpaired) electrons. The normalized spacial score (nSPS) is 24.4. The summed E-state index contributed by atoms with van der Waals surface area (Å²) in [5.74, 6) is -0.0189. The Labute approximate surface area is 147 Å². The van der Waals surface area contributed by atoms with E-state index in [2.05, 4.69) is 5.32 Å². The molecular formula is C18H25N3O4. The molecule has 7 nitrogen and oxygen atoms in total. The lowest BCUT2D eigenvalue weighted by molar-refractivity contribution is -0.136. The van der Waals surface area contributed by atoms with Crippen molar-refractivity contribution >= 4 is 17.7 Å². The third-order valence-electron chi connectivity index (χ3n) is 4.92. The summed E-state index contributed by atoms with van der Waals surface area (Å²) in [5.41, 5.74) is -0.585. The maximum atomic E-state index is 12.7. The summed E-state index contributed by atoms with van der Waals surface area (Å²) in [4.78, 5) is 40.8. The Bertz CT molecular complexity index is 655. The average molecular weight is 347 g/mol. The van der Waals surface area contributed by atoms with Crippen LogP contribution in [0.15, 0.2) is 22.8 Å². The monoisotopic (exact) mass is 347 g/mol. The Morgan fingerprint density at radius 1 is 1.24 bits per heavy atom. The molecule has 1 atom stereocenters. The highest BCUT2D eigenvalue weighted by molar-refractivity contribution is 5.91. The molecule has 2 saturated heterocycles. The molecule has 2 aliphatic rings. The lowest BCUT2D eigenvalue weighted by Crippen LogP contribution is -2.62. The highest BCUT2D eigenvalue weighted by Gasteiger charge is 2.43. The van der Waals surface area contributed by atoms with Crippen LogP contribution in [0.5, 0.6) is 0 Å². The maximum Gasteiger partial charge on any atom is 0.289 e. The number of nitrogens with one attached hydrogen (secondary N) is 1. The molecule has 0 aliphatic carbocycles. The molecule has 1 aromatic heterocycles. The maximum absolute atomic E-state index is 12.7. The van der Waals surface area contributed by atoms with Gasteiger partial charge in [-0.2, -0.15) is 0 Å². The van der Waals surface area contributed by atoms with Crippen molar-refractivity contribution in [3.8, 4) is 0 Å². The number of piperidine rings is 1. The summed E-state index contributed by atoms with van der Waals surface area (Å²) >= 11 is 0. The van der Waals surface area contributed by atoms with Crippen molar-refractivity contribution in [2.45, 2.75) is 38.6 Å². The Hall–Kier alpha value is -2.31. The van der Waals surface area contributed by atoms with Gasteiger partial charge in [0.2, 0.25) is 11.8 Å². The lowest BCUT2D eigenvalue weighted by atomic mass is 9.87. The number of furan rings is 1. The molecule has 1 N–H and O–H groups in total. The summed E-state index contributed by atoms with van der Waals surface area (Å²) < 4.78 is 5.24. The standard InChI is InChI=1S/C18H25N3O4/c1-13(2)16(23)20-8-9-21(17(24)14-5-4-10-25-14)12-18(11-20)7-3-6-15(22)19-18/h4-5,10,13H,3,6-9,11-12H2,1-2H3,(H,19,22)/t18-/m1/s1. The Morgan fingerprint density at radius 2 is 1.96 bits per heavy atom. The number of hydrogen-bond donors (Lipinski definition) is 1. The van der Waals surface area contributed by atoms with E-state index in [1.54, 1.807) is 21.9 Å². The van der Waals surface area contributed by atoms with Crippen molar-refractivity contribution < 1.29 is 18.8 Å². The van der Waals surface area contributed by atoms with E-state index in [-0.39, 0.29) is 29.4 Å². The number of hydrogen-bond acceptors (Lipinski definition) is 4. The van der Waals surface area contributed by atoms with Crippen LogP contribution in [0, 0.1) is 5.92 Å². The first kappa shape index (κ1) is 17.5. The summed E-state index contributed by atoms with van der Waals surface area (Å²) in [6, 6.07) is 3.31. The zero-order valence-electron chi connectivity index (χ0n) is 14.8. The minimum Gasteiger partial charge on any atom is -0.459 e. The molecule has 3 heterocycles. The van der Waals surface area contributed by atoms with E-state index < -0.39 is 5.54 Å². The van der Waals surface area contributed by atoms with Crippen LogP contribution in [-0.2, 0) is 9.59 Å². The summed E-state index contributed by atoms with van der Waals surface area (Å²) in [6.45, 7) is 5.45. The van der Waals surface area contributed by atoms with Crippen LogP contribution in [0.1, 0.15) is 43.7 Å². The van der Waals surface area contributed by atoms with Crippen molar-refractivity contribution in [3.63, 3.8) is 0 Å². The Kier molecular flexibility index (Phi) is 4.83. The topological polar surface area (TPSA) is 82.9 Å². The van der Waals surface area contributed by atoms with E-state index in [9.17, 15) is 14.4 Å². The van der Waals surface area contributed by atoms with Crippen LogP contribution >= 0.6 is 0 Å². The first-order valence-corrected chi connectivity index (χ1v) is 8.83. The zero-order valence-corrected chi connectivity index (χ0v) is 14.8. The van der Waals surface area contributed by atoms with E-state index >= 15 is 0 Å². The van der Waals surface area contributed by atoms with Crippen LogP contribution in [0.2, 0.25) is 0 Å². The van der Waals surface area contributed by atoms with Crippen molar-refractivity contribution in [2.24, 2.45) is 5.92 Å². The minimum absolute atomic E-state index is 0.0181. The fourth-order valence-electron chi connectivity index (χ4n) is 3.71. The van der Waals surface area contributed by atoms with Gasteiger partial charge in [-0.1, -0.05) is 13.8 Å². The second-order valence-corrected chi connectivity index (χ2v) is 7.30. The SMILES string of the molecule is CC(C)C(=O)N1CCN(C(=O)c2ccco2)C[C@@]2(CCCC(=O)N2)C1. The van der Waals surface area contributed by atoms with E-state index in [4.69, 9.17) is 4.42 Å². The molecule has 1 spiro atoms. The lowest BCUT2D eigenvalue weighted by Gasteiger charge is -2.41. The Balaban J connectivity index is 1.87. The van der Waals surface area contributed by atoms with Gasteiger partial charge in [0.25, 0.3) is 5.91 Å². The summed E-state index contributed by atoms with van der Waals surface area (Å²) in [7, 11) is 0. The van der Waals surface area contributed by atoms with Gasteiger partial charge in [0.15, 0.2) is 5.76 Å². The highest BCUT2D eigenvalue weighted by Crippen LogP contribution is 2.26. The van der Waals surface area contributed by atoms with Gasteiger partial charge >= 0.3 is 0 Å². The smallest absolute Gasteiger partial charge is 0.289 e. The fourth-order valence-corrected chi connectivity index (χ4v) is 3.71. The molecule has 0 unspecified atom stereocenters. The van der Waals surface area contributed by atoms with Gasteiger partial charge in [0.1, 0.15) is 0 Å². The third-order valence-corrected chi connectivity index (χ3v) is 4.92. The zero-order chi connectivity index (χ0) is 18.0. The molecule has 0 bridgehead atoms. The summed E-state index contributed by atoms with van der Waals surface area (Å²) in [6.07, 6.45) is 3.48. The number of nitrogens with zero attached hydrogens (tertiary/aromatic N) is 2. The molecule has 1 aromatic rings. The molecule has 3 amide bonds. The Morgan fingerprint density at radius 3 is 2.60 bits per heavy atom. The number of carbonyl (C=O) groups excluding carboxylic acids is 3. The minimum atomic E-state index is -0.585. The number of rotatable bonds is 2. The quantitative estimate of drug-likeness (QED) is 0.873. The molecule has 2 aliphatic heterocycles. The van der Waals surface area contributed by atoms with Gasteiger partial charge in [0.05, 0.1) is 11.8 Å². The number of amides is 3. The van der Waals surface area contributed by atoms with E-state index in [0.717, 1.165) is 12.8 Å². The second-order valence-electron chi connectivity index (χ2n) is 7.30. The van der Waals surface area contributed by atoms with Crippen LogP contribution < -0.4 is 5.32 Å². The van der Waals surface area contributed by atoms with Crippen LogP contribution in [0.3, 0.4) is 0 Å². The highest BCUT2D eigenvalue weighted by atomic mass is 16.3. The third kappa shape index (κ3) is 3.70. The average Bonchev–Trinajstić information content (AvgIpc) is 3.04. The van der Waals surface area contributed by atoms with Crippen LogP contribution in [0.4, 0.5) is 0 Å². The van der Waals surface area contributed by atoms with Gasteiger partial charge in [0, 0.05) is 38.5 Å². The van der Waals surface area contributed by atoms with Gasteiger partial charge in [-0.25, -0.2) is 0 Å². The molecule has 2 fully saturated rings.